The largest absolute Gasteiger partial charge is 0.394 e. The summed E-state index contributed by atoms with van der Waals surface area (Å²) in [4.78, 5) is 43.5. The molecule has 0 spiro atoms. The summed E-state index contributed by atoms with van der Waals surface area (Å²) in [6.07, 6.45) is 3.86. The number of ether oxygens (including phenoxy) is 1. The maximum atomic E-state index is 13.7. The van der Waals surface area contributed by atoms with E-state index in [1.54, 1.807) is 11.9 Å². The van der Waals surface area contributed by atoms with Gasteiger partial charge < -0.3 is 25.4 Å². The zero-order valence-corrected chi connectivity index (χ0v) is 19.6. The summed E-state index contributed by atoms with van der Waals surface area (Å²) in [6, 6.07) is -1.23. The van der Waals surface area contributed by atoms with Crippen LogP contribution >= 0.6 is 0 Å². The highest BCUT2D eigenvalue weighted by molar-refractivity contribution is 5.97. The molecule has 6 atom stereocenters. The molecule has 1 aliphatic carbocycles. The first-order valence-corrected chi connectivity index (χ1v) is 11.7. The van der Waals surface area contributed by atoms with Crippen molar-refractivity contribution in [2.45, 2.75) is 32.9 Å². The van der Waals surface area contributed by atoms with Crippen molar-refractivity contribution in [1.29, 1.82) is 0 Å². The molecule has 2 aliphatic heterocycles. The molecule has 32 heavy (non-hydrogen) atoms. The smallest absolute Gasteiger partial charge is 0.243 e. The Hall–Kier alpha value is -1.97. The molecular formula is C23H38N4O5. The van der Waals surface area contributed by atoms with Crippen molar-refractivity contribution in [2.75, 3.05) is 53.0 Å². The van der Waals surface area contributed by atoms with E-state index in [9.17, 15) is 19.5 Å². The fourth-order valence-corrected chi connectivity index (χ4v) is 5.35. The van der Waals surface area contributed by atoms with Crippen molar-refractivity contribution in [2.24, 2.45) is 29.6 Å². The molecule has 2 fully saturated rings. The van der Waals surface area contributed by atoms with Crippen LogP contribution in [0.3, 0.4) is 0 Å². The third-order valence-corrected chi connectivity index (χ3v) is 7.17. The van der Waals surface area contributed by atoms with E-state index in [0.29, 0.717) is 26.3 Å². The number of morpholine rings is 1. The van der Waals surface area contributed by atoms with Gasteiger partial charge in [-0.05, 0) is 11.8 Å². The van der Waals surface area contributed by atoms with Crippen LogP contribution in [0.5, 0.6) is 0 Å². The summed E-state index contributed by atoms with van der Waals surface area (Å²) in [6.45, 7) is 9.79. The van der Waals surface area contributed by atoms with Crippen LogP contribution in [-0.4, -0.2) is 97.8 Å². The molecule has 3 N–H and O–H groups in total. The van der Waals surface area contributed by atoms with Gasteiger partial charge in [-0.15, -0.1) is 0 Å². The summed E-state index contributed by atoms with van der Waals surface area (Å²) in [7, 11) is 1.57. The van der Waals surface area contributed by atoms with Crippen LogP contribution in [0.4, 0.5) is 0 Å². The second-order valence-corrected chi connectivity index (χ2v) is 9.42. The number of allylic oxidation sites excluding steroid dienone is 1. The first-order valence-electron chi connectivity index (χ1n) is 11.7. The van der Waals surface area contributed by atoms with Crippen LogP contribution in [0.2, 0.25) is 0 Å². The molecule has 180 valence electrons. The van der Waals surface area contributed by atoms with Crippen molar-refractivity contribution in [3.8, 4) is 0 Å². The van der Waals surface area contributed by atoms with Crippen LogP contribution in [-0.2, 0) is 19.1 Å². The Balaban J connectivity index is 1.84. The molecule has 2 saturated heterocycles. The standard InChI is InChI=1S/C23H38N4O5/c1-14(2)17(13-28)27-20(22(30)25-7-8-26-9-11-32-12-10-26)16-6-5-15(3)18(21(29)24-4)19(16)23(27)31/h5-6,14-20,28H,7-13H2,1-4H3,(H,24,29)(H,25,30)/t15-,16+,17+,18-,19-,20+/m1/s1. The van der Waals surface area contributed by atoms with E-state index in [2.05, 4.69) is 15.5 Å². The highest BCUT2D eigenvalue weighted by atomic mass is 16.5. The molecule has 3 amide bonds. The second-order valence-electron chi connectivity index (χ2n) is 9.42. The Morgan fingerprint density at radius 3 is 2.50 bits per heavy atom. The number of fused-ring (bicyclic) bond motifs is 1. The molecule has 9 nitrogen and oxygen atoms in total. The van der Waals surface area contributed by atoms with Crippen molar-refractivity contribution in [3.05, 3.63) is 12.2 Å². The highest BCUT2D eigenvalue weighted by Crippen LogP contribution is 2.45. The van der Waals surface area contributed by atoms with E-state index in [1.165, 1.54) is 0 Å². The van der Waals surface area contributed by atoms with Crippen LogP contribution in [0.15, 0.2) is 12.2 Å². The molecule has 0 unspecified atom stereocenters. The van der Waals surface area contributed by atoms with Gasteiger partial charge in [0, 0.05) is 39.1 Å². The number of nitrogens with zero attached hydrogens (tertiary/aromatic N) is 2. The Bertz CT molecular complexity index is 721. The van der Waals surface area contributed by atoms with Gasteiger partial charge in [-0.3, -0.25) is 19.3 Å². The molecule has 0 aromatic heterocycles. The fourth-order valence-electron chi connectivity index (χ4n) is 5.35. The summed E-state index contributed by atoms with van der Waals surface area (Å²) in [5.41, 5.74) is 0. The third-order valence-electron chi connectivity index (χ3n) is 7.17. The normalized spacial score (nSPS) is 31.5. The van der Waals surface area contributed by atoms with Crippen molar-refractivity contribution >= 4 is 17.7 Å². The second kappa shape index (κ2) is 10.8. The molecule has 3 rings (SSSR count). The van der Waals surface area contributed by atoms with Gasteiger partial charge in [0.1, 0.15) is 6.04 Å². The van der Waals surface area contributed by atoms with Crippen LogP contribution in [0.1, 0.15) is 20.8 Å². The topological polar surface area (TPSA) is 111 Å². The lowest BCUT2D eigenvalue weighted by molar-refractivity contribution is -0.144. The van der Waals surface area contributed by atoms with E-state index >= 15 is 0 Å². The molecule has 0 radical (unpaired) electrons. The number of nitrogens with one attached hydrogen (secondary N) is 2. The Morgan fingerprint density at radius 2 is 1.91 bits per heavy atom. The maximum Gasteiger partial charge on any atom is 0.243 e. The van der Waals surface area contributed by atoms with Gasteiger partial charge in [0.15, 0.2) is 0 Å². The SMILES string of the molecule is CNC(=O)[C@H]1[C@@H]2C(=O)N([C@@H](CO)C(C)C)[C@H](C(=O)NCCN3CCOCC3)[C@H]2C=C[C@H]1C. The summed E-state index contributed by atoms with van der Waals surface area (Å²) < 4.78 is 5.36. The Morgan fingerprint density at radius 1 is 1.22 bits per heavy atom. The molecule has 2 heterocycles. The number of carbonyl (C=O) groups is 3. The van der Waals surface area contributed by atoms with Crippen molar-refractivity contribution in [1.82, 2.24) is 20.4 Å². The minimum absolute atomic E-state index is 0.0346. The number of hydrogen-bond donors (Lipinski definition) is 3. The predicted molar refractivity (Wildman–Crippen MR) is 119 cm³/mol. The number of rotatable bonds is 8. The highest BCUT2D eigenvalue weighted by Gasteiger charge is 2.58. The van der Waals surface area contributed by atoms with E-state index in [-0.39, 0.29) is 36.2 Å². The first kappa shape index (κ1) is 24.7. The van der Waals surface area contributed by atoms with Crippen molar-refractivity contribution < 1.29 is 24.2 Å². The minimum atomic E-state index is -0.743. The number of carbonyl (C=O) groups excluding carboxylic acids is 3. The molecule has 9 heteroatoms. The molecule has 0 aromatic rings. The molecule has 0 bridgehead atoms. The number of likely N-dealkylation sites (tertiary alicyclic amines) is 1. The average molecular weight is 451 g/mol. The van der Waals surface area contributed by atoms with Gasteiger partial charge in [0.05, 0.1) is 37.7 Å². The first-order chi connectivity index (χ1) is 15.3. The van der Waals surface area contributed by atoms with Crippen LogP contribution < -0.4 is 10.6 Å². The third kappa shape index (κ3) is 4.84. The molecular weight excluding hydrogens is 412 g/mol. The van der Waals surface area contributed by atoms with Gasteiger partial charge in [-0.25, -0.2) is 0 Å². The quantitative estimate of drug-likeness (QED) is 0.429. The minimum Gasteiger partial charge on any atom is -0.394 e. The predicted octanol–water partition coefficient (Wildman–Crippen LogP) is -0.537. The summed E-state index contributed by atoms with van der Waals surface area (Å²) in [5.74, 6) is -2.35. The number of hydrogen-bond acceptors (Lipinski definition) is 6. The molecule has 0 aromatic carbocycles. The zero-order chi connectivity index (χ0) is 23.4. The van der Waals surface area contributed by atoms with Gasteiger partial charge >= 0.3 is 0 Å². The number of aliphatic hydroxyl groups excluding tert-OH is 1. The van der Waals surface area contributed by atoms with E-state index < -0.39 is 29.8 Å². The lowest BCUT2D eigenvalue weighted by Gasteiger charge is -2.35. The van der Waals surface area contributed by atoms with E-state index in [4.69, 9.17) is 4.74 Å². The van der Waals surface area contributed by atoms with Gasteiger partial charge in [0.25, 0.3) is 0 Å². The number of amides is 3. The lowest BCUT2D eigenvalue weighted by atomic mass is 9.70. The molecule has 3 aliphatic rings. The van der Waals surface area contributed by atoms with Gasteiger partial charge in [-0.2, -0.15) is 0 Å². The van der Waals surface area contributed by atoms with Crippen LogP contribution in [0, 0.1) is 29.6 Å². The summed E-state index contributed by atoms with van der Waals surface area (Å²) in [5, 5.41) is 15.8. The number of aliphatic hydroxyl groups is 1. The van der Waals surface area contributed by atoms with E-state index in [0.717, 1.165) is 13.1 Å². The zero-order valence-electron chi connectivity index (χ0n) is 19.6. The van der Waals surface area contributed by atoms with Crippen molar-refractivity contribution in [3.63, 3.8) is 0 Å². The lowest BCUT2D eigenvalue weighted by Crippen LogP contribution is -2.54. The maximum absolute atomic E-state index is 13.7. The molecule has 0 saturated carbocycles. The summed E-state index contributed by atoms with van der Waals surface area (Å²) >= 11 is 0. The average Bonchev–Trinajstić information content (AvgIpc) is 3.06. The monoisotopic (exact) mass is 450 g/mol. The Labute approximate surface area is 190 Å². The van der Waals surface area contributed by atoms with Gasteiger partial charge in [-0.1, -0.05) is 32.9 Å². The van der Waals surface area contributed by atoms with E-state index in [1.807, 2.05) is 32.9 Å². The van der Waals surface area contributed by atoms with Crippen LogP contribution in [0.25, 0.3) is 0 Å². The van der Waals surface area contributed by atoms with Gasteiger partial charge in [0.2, 0.25) is 17.7 Å². The fraction of sp³-hybridized carbons (Fsp3) is 0.783. The Kier molecular flexibility index (Phi) is 8.30.